The van der Waals surface area contributed by atoms with Crippen LogP contribution in [-0.2, 0) is 22.7 Å². The maximum atomic E-state index is 13.1. The Hall–Kier alpha value is -3.81. The minimum absolute atomic E-state index is 0.107. The van der Waals surface area contributed by atoms with E-state index in [0.717, 1.165) is 38.3 Å². The monoisotopic (exact) mass is 576 g/mol. The highest BCUT2D eigenvalue weighted by Gasteiger charge is 2.41. The van der Waals surface area contributed by atoms with Gasteiger partial charge in [0.2, 0.25) is 11.8 Å². The molecular weight excluding hydrogens is 536 g/mol. The zero-order valence-electron chi connectivity index (χ0n) is 24.7. The summed E-state index contributed by atoms with van der Waals surface area (Å²) in [7, 11) is 0. The van der Waals surface area contributed by atoms with Gasteiger partial charge >= 0.3 is 0 Å². The van der Waals surface area contributed by atoms with E-state index >= 15 is 0 Å². The molecule has 7 heteroatoms. The predicted molar refractivity (Wildman–Crippen MR) is 165 cm³/mol. The average molecular weight is 577 g/mol. The normalized spacial score (nSPS) is 22.7. The summed E-state index contributed by atoms with van der Waals surface area (Å²) in [6.07, 6.45) is 5.62. The van der Waals surface area contributed by atoms with Crippen LogP contribution in [0.2, 0.25) is 0 Å². The molecule has 222 valence electrons. The minimum atomic E-state index is -0.568. The Balaban J connectivity index is 0.954. The molecule has 0 saturated carbocycles. The van der Waals surface area contributed by atoms with E-state index in [1.165, 1.54) is 42.4 Å². The molecule has 7 nitrogen and oxygen atoms in total. The first-order valence-corrected chi connectivity index (χ1v) is 15.8. The van der Waals surface area contributed by atoms with Crippen LogP contribution >= 0.6 is 0 Å². The third-order valence-electron chi connectivity index (χ3n) is 10.4. The molecule has 4 aliphatic rings. The third kappa shape index (κ3) is 5.64. The van der Waals surface area contributed by atoms with Crippen LogP contribution in [0.15, 0.2) is 78.9 Å². The summed E-state index contributed by atoms with van der Waals surface area (Å²) >= 11 is 0. The van der Waals surface area contributed by atoms with Crippen molar-refractivity contribution in [2.75, 3.05) is 26.2 Å². The summed E-state index contributed by atoms with van der Waals surface area (Å²) in [5.74, 6) is -0.726. The van der Waals surface area contributed by atoms with Crippen molar-refractivity contribution in [1.82, 2.24) is 20.0 Å². The maximum Gasteiger partial charge on any atom is 0.255 e. The SMILES string of the molecule is O=C1CCC(N2Cc3cc(CN4CCC5(CC4)CCN(C(c4ccccc4)c4ccccc4)CC5)ccc3C2=O)C(=O)N1. The maximum absolute atomic E-state index is 13.1. The van der Waals surface area contributed by atoms with Gasteiger partial charge in [-0.1, -0.05) is 72.8 Å². The number of benzene rings is 3. The Bertz CT molecular complexity index is 1450. The lowest BCUT2D eigenvalue weighted by atomic mass is 9.70. The van der Waals surface area contributed by atoms with Crippen LogP contribution in [0.1, 0.15) is 77.2 Å². The molecule has 1 unspecified atom stereocenters. The first-order valence-electron chi connectivity index (χ1n) is 15.8. The minimum Gasteiger partial charge on any atom is -0.322 e. The molecule has 1 N–H and O–H groups in total. The van der Waals surface area contributed by atoms with Gasteiger partial charge in [-0.15, -0.1) is 0 Å². The number of hydrogen-bond donors (Lipinski definition) is 1. The first-order chi connectivity index (χ1) is 21.0. The number of amides is 3. The summed E-state index contributed by atoms with van der Waals surface area (Å²) in [5.41, 5.74) is 6.06. The topological polar surface area (TPSA) is 73.0 Å². The number of piperidine rings is 3. The molecule has 3 amide bonds. The zero-order valence-corrected chi connectivity index (χ0v) is 24.7. The summed E-state index contributed by atoms with van der Waals surface area (Å²) in [6, 6.07) is 27.8. The molecule has 0 radical (unpaired) electrons. The van der Waals surface area contributed by atoms with Crippen LogP contribution in [0.4, 0.5) is 0 Å². The molecule has 1 atom stereocenters. The number of hydrogen-bond acceptors (Lipinski definition) is 5. The predicted octanol–water partition coefficient (Wildman–Crippen LogP) is 4.92. The number of imide groups is 1. The molecule has 43 heavy (non-hydrogen) atoms. The van der Waals surface area contributed by atoms with Gasteiger partial charge in [0.1, 0.15) is 6.04 Å². The van der Waals surface area contributed by atoms with E-state index in [2.05, 4.69) is 87.9 Å². The molecule has 4 heterocycles. The van der Waals surface area contributed by atoms with E-state index in [4.69, 9.17) is 0 Å². The van der Waals surface area contributed by atoms with Crippen molar-refractivity contribution in [2.45, 2.75) is 63.7 Å². The van der Waals surface area contributed by atoms with Crippen molar-refractivity contribution in [3.63, 3.8) is 0 Å². The highest BCUT2D eigenvalue weighted by molar-refractivity contribution is 6.05. The lowest BCUT2D eigenvalue weighted by Gasteiger charge is -2.48. The molecule has 7 rings (SSSR count). The molecule has 0 aromatic heterocycles. The van der Waals surface area contributed by atoms with Crippen LogP contribution in [0.25, 0.3) is 0 Å². The number of likely N-dealkylation sites (tertiary alicyclic amines) is 2. The molecule has 3 fully saturated rings. The molecule has 3 aromatic rings. The van der Waals surface area contributed by atoms with E-state index < -0.39 is 6.04 Å². The van der Waals surface area contributed by atoms with E-state index in [0.29, 0.717) is 30.0 Å². The van der Waals surface area contributed by atoms with E-state index in [1.54, 1.807) is 4.90 Å². The Morgan fingerprint density at radius 3 is 2.05 bits per heavy atom. The van der Waals surface area contributed by atoms with E-state index in [-0.39, 0.29) is 24.1 Å². The fourth-order valence-corrected chi connectivity index (χ4v) is 7.81. The largest absolute Gasteiger partial charge is 0.322 e. The fraction of sp³-hybridized carbons (Fsp3) is 0.417. The van der Waals surface area contributed by atoms with Crippen molar-refractivity contribution in [3.05, 3.63) is 107 Å². The Morgan fingerprint density at radius 2 is 1.42 bits per heavy atom. The van der Waals surface area contributed by atoms with Gasteiger partial charge in [0.15, 0.2) is 0 Å². The smallest absolute Gasteiger partial charge is 0.255 e. The quantitative estimate of drug-likeness (QED) is 0.422. The standard InChI is InChI=1S/C36H40N4O3/c41-32-14-13-31(34(42)37-32)40-25-29-23-26(11-12-30(29)35(40)43)24-38-19-15-36(16-20-38)17-21-39(22-18-36)33(27-7-3-1-4-8-27)28-9-5-2-6-10-28/h1-12,23,31,33H,13-22,24-25H2,(H,37,41,42). The third-order valence-corrected chi connectivity index (χ3v) is 10.4. The highest BCUT2D eigenvalue weighted by Crippen LogP contribution is 2.44. The molecule has 1 spiro atoms. The van der Waals surface area contributed by atoms with Gasteiger partial charge in [0.05, 0.1) is 6.04 Å². The Labute approximate surface area is 253 Å². The summed E-state index contributed by atoms with van der Waals surface area (Å²) < 4.78 is 0. The zero-order chi connectivity index (χ0) is 29.4. The number of nitrogens with one attached hydrogen (secondary N) is 1. The first kappa shape index (κ1) is 28.0. The lowest BCUT2D eigenvalue weighted by Crippen LogP contribution is -2.52. The Morgan fingerprint density at radius 1 is 0.791 bits per heavy atom. The summed E-state index contributed by atoms with van der Waals surface area (Å²) in [5, 5.41) is 2.39. The van der Waals surface area contributed by atoms with Crippen LogP contribution in [0.5, 0.6) is 0 Å². The van der Waals surface area contributed by atoms with Crippen molar-refractivity contribution in [1.29, 1.82) is 0 Å². The molecule has 4 aliphatic heterocycles. The molecule has 0 bridgehead atoms. The number of carbonyl (C=O) groups excluding carboxylic acids is 3. The van der Waals surface area contributed by atoms with E-state index in [1.807, 2.05) is 6.07 Å². The second kappa shape index (κ2) is 11.7. The van der Waals surface area contributed by atoms with Crippen molar-refractivity contribution >= 4 is 17.7 Å². The van der Waals surface area contributed by atoms with Gasteiger partial charge in [0.25, 0.3) is 5.91 Å². The number of rotatable bonds is 6. The van der Waals surface area contributed by atoms with Crippen LogP contribution in [0.3, 0.4) is 0 Å². The van der Waals surface area contributed by atoms with Gasteiger partial charge in [-0.2, -0.15) is 0 Å². The highest BCUT2D eigenvalue weighted by atomic mass is 16.2. The van der Waals surface area contributed by atoms with Gasteiger partial charge in [-0.3, -0.25) is 29.5 Å². The number of nitrogens with zero attached hydrogens (tertiary/aromatic N) is 3. The molecule has 3 saturated heterocycles. The number of fused-ring (bicyclic) bond motifs is 1. The van der Waals surface area contributed by atoms with Gasteiger partial charge in [-0.05, 0) is 92.0 Å². The molecule has 3 aromatic carbocycles. The van der Waals surface area contributed by atoms with Gasteiger partial charge < -0.3 is 4.90 Å². The lowest BCUT2D eigenvalue weighted by molar-refractivity contribution is -0.136. The number of carbonyl (C=O) groups is 3. The Kier molecular flexibility index (Phi) is 7.62. The average Bonchev–Trinajstić information content (AvgIpc) is 3.35. The van der Waals surface area contributed by atoms with Crippen molar-refractivity contribution in [2.24, 2.45) is 5.41 Å². The van der Waals surface area contributed by atoms with Crippen LogP contribution in [0, 0.1) is 5.41 Å². The summed E-state index contributed by atoms with van der Waals surface area (Å²) in [6.45, 7) is 5.75. The van der Waals surface area contributed by atoms with Gasteiger partial charge in [-0.25, -0.2) is 0 Å². The van der Waals surface area contributed by atoms with Crippen LogP contribution < -0.4 is 5.32 Å². The summed E-state index contributed by atoms with van der Waals surface area (Å²) in [4.78, 5) is 43.9. The molecule has 0 aliphatic carbocycles. The second-order valence-electron chi connectivity index (χ2n) is 12.9. The second-order valence-corrected chi connectivity index (χ2v) is 12.9. The van der Waals surface area contributed by atoms with Crippen LogP contribution in [-0.4, -0.2) is 64.6 Å². The van der Waals surface area contributed by atoms with Gasteiger partial charge in [0, 0.05) is 25.1 Å². The fourth-order valence-electron chi connectivity index (χ4n) is 7.81. The van der Waals surface area contributed by atoms with Crippen molar-refractivity contribution < 1.29 is 14.4 Å². The van der Waals surface area contributed by atoms with E-state index in [9.17, 15) is 14.4 Å². The molecular formula is C36H40N4O3. The van der Waals surface area contributed by atoms with Crippen molar-refractivity contribution in [3.8, 4) is 0 Å².